The lowest BCUT2D eigenvalue weighted by molar-refractivity contribution is 0.114. The molecule has 0 amide bonds. The summed E-state index contributed by atoms with van der Waals surface area (Å²) >= 11 is 0. The van der Waals surface area contributed by atoms with Gasteiger partial charge in [0.1, 0.15) is 5.75 Å². The van der Waals surface area contributed by atoms with Crippen LogP contribution in [0.3, 0.4) is 0 Å². The summed E-state index contributed by atoms with van der Waals surface area (Å²) in [6.07, 6.45) is 1.87. The van der Waals surface area contributed by atoms with Crippen LogP contribution in [0.1, 0.15) is 18.2 Å². The summed E-state index contributed by atoms with van der Waals surface area (Å²) in [4.78, 5) is 7.15. The second-order valence-corrected chi connectivity index (χ2v) is 5.72. The normalized spacial score (nSPS) is 18.6. The molecule has 1 aliphatic heterocycles. The molecule has 1 aromatic carbocycles. The summed E-state index contributed by atoms with van der Waals surface area (Å²) in [7, 11) is 1.73. The van der Waals surface area contributed by atoms with Crippen LogP contribution in [0.2, 0.25) is 0 Å². The predicted molar refractivity (Wildman–Crippen MR) is 88.1 cm³/mol. The lowest BCUT2D eigenvalue weighted by atomic mass is 9.85. The van der Waals surface area contributed by atoms with E-state index in [2.05, 4.69) is 46.4 Å². The quantitative estimate of drug-likeness (QED) is 0.939. The highest BCUT2D eigenvalue weighted by atomic mass is 16.5. The Hall–Kier alpha value is -1.91. The number of pyridine rings is 1. The molecule has 1 fully saturated rings. The number of aromatic nitrogens is 1. The van der Waals surface area contributed by atoms with E-state index in [1.165, 1.54) is 0 Å². The van der Waals surface area contributed by atoms with Crippen molar-refractivity contribution in [3.8, 4) is 5.75 Å². The molecule has 0 radical (unpaired) electrons. The molecule has 2 aromatic rings. The SMILES string of the molecule is COc1ccccc1C(C)(c1ccccn1)N1CCNCC1. The molecule has 1 N–H and O–H groups in total. The Kier molecular flexibility index (Phi) is 4.41. The molecule has 22 heavy (non-hydrogen) atoms. The topological polar surface area (TPSA) is 37.4 Å². The van der Waals surface area contributed by atoms with Gasteiger partial charge >= 0.3 is 0 Å². The summed E-state index contributed by atoms with van der Waals surface area (Å²) < 4.78 is 5.63. The second kappa shape index (κ2) is 6.46. The monoisotopic (exact) mass is 297 g/mol. The van der Waals surface area contributed by atoms with E-state index in [-0.39, 0.29) is 5.54 Å². The predicted octanol–water partition coefficient (Wildman–Crippen LogP) is 2.26. The van der Waals surface area contributed by atoms with Crippen molar-refractivity contribution >= 4 is 0 Å². The molecule has 0 saturated carbocycles. The van der Waals surface area contributed by atoms with Gasteiger partial charge in [0, 0.05) is 37.9 Å². The highest BCUT2D eigenvalue weighted by Crippen LogP contribution is 2.39. The number of benzene rings is 1. The van der Waals surface area contributed by atoms with E-state index in [4.69, 9.17) is 4.74 Å². The van der Waals surface area contributed by atoms with Crippen LogP contribution in [0.4, 0.5) is 0 Å². The zero-order valence-electron chi connectivity index (χ0n) is 13.2. The molecule has 0 aliphatic carbocycles. The van der Waals surface area contributed by atoms with Crippen LogP contribution in [0, 0.1) is 0 Å². The zero-order valence-corrected chi connectivity index (χ0v) is 13.2. The van der Waals surface area contributed by atoms with E-state index in [1.54, 1.807) is 7.11 Å². The number of nitrogens with zero attached hydrogens (tertiary/aromatic N) is 2. The van der Waals surface area contributed by atoms with Gasteiger partial charge in [-0.05, 0) is 25.1 Å². The van der Waals surface area contributed by atoms with Crippen molar-refractivity contribution in [2.75, 3.05) is 33.3 Å². The molecular weight excluding hydrogens is 274 g/mol. The Labute approximate surface area is 132 Å². The van der Waals surface area contributed by atoms with Crippen LogP contribution in [-0.2, 0) is 5.54 Å². The van der Waals surface area contributed by atoms with Gasteiger partial charge in [0.25, 0.3) is 0 Å². The number of nitrogens with one attached hydrogen (secondary N) is 1. The molecule has 4 heteroatoms. The largest absolute Gasteiger partial charge is 0.496 e. The van der Waals surface area contributed by atoms with Crippen LogP contribution in [0.15, 0.2) is 48.7 Å². The lowest BCUT2D eigenvalue weighted by Gasteiger charge is -2.44. The van der Waals surface area contributed by atoms with E-state index in [0.29, 0.717) is 0 Å². The van der Waals surface area contributed by atoms with Crippen LogP contribution < -0.4 is 10.1 Å². The fourth-order valence-electron chi connectivity index (χ4n) is 3.28. The minimum Gasteiger partial charge on any atom is -0.496 e. The van der Waals surface area contributed by atoms with Gasteiger partial charge in [-0.1, -0.05) is 24.3 Å². The maximum absolute atomic E-state index is 5.63. The molecule has 0 bridgehead atoms. The van der Waals surface area contributed by atoms with Crippen LogP contribution in [0.25, 0.3) is 0 Å². The van der Waals surface area contributed by atoms with Gasteiger partial charge in [0.15, 0.2) is 0 Å². The first-order valence-electron chi connectivity index (χ1n) is 7.77. The van der Waals surface area contributed by atoms with Gasteiger partial charge in [-0.3, -0.25) is 9.88 Å². The second-order valence-electron chi connectivity index (χ2n) is 5.72. The Bertz CT molecular complexity index is 611. The average Bonchev–Trinajstić information content (AvgIpc) is 2.62. The molecule has 1 aromatic heterocycles. The molecule has 1 unspecified atom stereocenters. The van der Waals surface area contributed by atoms with Crippen molar-refractivity contribution < 1.29 is 4.74 Å². The molecule has 2 heterocycles. The van der Waals surface area contributed by atoms with E-state index in [9.17, 15) is 0 Å². The Morgan fingerprint density at radius 1 is 1.09 bits per heavy atom. The molecular formula is C18H23N3O. The first kappa shape index (κ1) is 15.0. The maximum atomic E-state index is 5.63. The molecule has 3 rings (SSSR count). The van der Waals surface area contributed by atoms with Crippen molar-refractivity contribution in [3.63, 3.8) is 0 Å². The van der Waals surface area contributed by atoms with Gasteiger partial charge in [-0.2, -0.15) is 0 Å². The van der Waals surface area contributed by atoms with Crippen LogP contribution >= 0.6 is 0 Å². The molecule has 0 spiro atoms. The van der Waals surface area contributed by atoms with Crippen molar-refractivity contribution in [2.24, 2.45) is 0 Å². The van der Waals surface area contributed by atoms with Crippen molar-refractivity contribution in [1.29, 1.82) is 0 Å². The van der Waals surface area contributed by atoms with Gasteiger partial charge < -0.3 is 10.1 Å². The van der Waals surface area contributed by atoms with Crippen molar-refractivity contribution in [2.45, 2.75) is 12.5 Å². The smallest absolute Gasteiger partial charge is 0.124 e. The van der Waals surface area contributed by atoms with Crippen molar-refractivity contribution in [1.82, 2.24) is 15.2 Å². The highest BCUT2D eigenvalue weighted by Gasteiger charge is 2.39. The first-order chi connectivity index (χ1) is 10.8. The summed E-state index contributed by atoms with van der Waals surface area (Å²) in [5, 5.41) is 3.43. The van der Waals surface area contributed by atoms with E-state index < -0.39 is 0 Å². The average molecular weight is 297 g/mol. The van der Waals surface area contributed by atoms with E-state index >= 15 is 0 Å². The zero-order chi connectivity index (χ0) is 15.4. The molecule has 1 saturated heterocycles. The van der Waals surface area contributed by atoms with Crippen LogP contribution in [0.5, 0.6) is 5.75 Å². The van der Waals surface area contributed by atoms with Gasteiger partial charge in [0.05, 0.1) is 18.3 Å². The number of para-hydroxylation sites is 1. The first-order valence-corrected chi connectivity index (χ1v) is 7.77. The number of ether oxygens (including phenoxy) is 1. The lowest BCUT2D eigenvalue weighted by Crippen LogP contribution is -2.54. The third kappa shape index (κ3) is 2.60. The Morgan fingerprint density at radius 2 is 1.82 bits per heavy atom. The fraction of sp³-hybridized carbons (Fsp3) is 0.389. The summed E-state index contributed by atoms with van der Waals surface area (Å²) in [5.41, 5.74) is 1.93. The Balaban J connectivity index is 2.14. The maximum Gasteiger partial charge on any atom is 0.124 e. The minimum absolute atomic E-state index is 0.296. The molecule has 4 nitrogen and oxygen atoms in total. The summed E-state index contributed by atoms with van der Waals surface area (Å²) in [5.74, 6) is 0.911. The summed E-state index contributed by atoms with van der Waals surface area (Å²) in [6.45, 7) is 6.23. The molecule has 1 aliphatic rings. The number of hydrogen-bond donors (Lipinski definition) is 1. The molecule has 1 atom stereocenters. The third-order valence-corrected chi connectivity index (χ3v) is 4.54. The van der Waals surface area contributed by atoms with E-state index in [1.807, 2.05) is 24.4 Å². The fourth-order valence-corrected chi connectivity index (χ4v) is 3.28. The minimum atomic E-state index is -0.296. The van der Waals surface area contributed by atoms with E-state index in [0.717, 1.165) is 43.2 Å². The molecule has 116 valence electrons. The van der Waals surface area contributed by atoms with Gasteiger partial charge in [-0.15, -0.1) is 0 Å². The number of rotatable bonds is 4. The number of piperazine rings is 1. The van der Waals surface area contributed by atoms with Crippen LogP contribution in [-0.4, -0.2) is 43.2 Å². The Morgan fingerprint density at radius 3 is 2.50 bits per heavy atom. The standard InChI is InChI=1S/C18H23N3O/c1-18(17-9-5-6-10-20-17,21-13-11-19-12-14-21)15-7-3-4-8-16(15)22-2/h3-10,19H,11-14H2,1-2H3. The van der Waals surface area contributed by atoms with Crippen molar-refractivity contribution in [3.05, 3.63) is 59.9 Å². The van der Waals surface area contributed by atoms with Gasteiger partial charge in [-0.25, -0.2) is 0 Å². The highest BCUT2D eigenvalue weighted by molar-refractivity contribution is 5.44. The number of hydrogen-bond acceptors (Lipinski definition) is 4. The number of methoxy groups -OCH3 is 1. The third-order valence-electron chi connectivity index (χ3n) is 4.54. The summed E-state index contributed by atoms with van der Waals surface area (Å²) in [6, 6.07) is 14.4. The van der Waals surface area contributed by atoms with Gasteiger partial charge in [0.2, 0.25) is 0 Å².